The minimum absolute atomic E-state index is 0. The topological polar surface area (TPSA) is 15.8 Å². The summed E-state index contributed by atoms with van der Waals surface area (Å²) in [6.07, 6.45) is 6.58. The van der Waals surface area contributed by atoms with Crippen LogP contribution in [0.25, 0.3) is 0 Å². The lowest BCUT2D eigenvalue weighted by Gasteiger charge is -2.08. The standard InChI is InChI=1S/C9H15N.C2H6.H2/c1-3-8(4-2)9-5-6-10-7-9;1-2;/h5-8,10H,3-4H2,1-2H3;1-2H3;1H. The van der Waals surface area contributed by atoms with Crippen LogP contribution in [-0.4, -0.2) is 4.98 Å². The van der Waals surface area contributed by atoms with Gasteiger partial charge in [0.1, 0.15) is 0 Å². The van der Waals surface area contributed by atoms with Crippen molar-refractivity contribution in [2.45, 2.75) is 46.5 Å². The number of aromatic nitrogens is 1. The van der Waals surface area contributed by atoms with Crippen molar-refractivity contribution < 1.29 is 1.43 Å². The first-order valence-corrected chi connectivity index (χ1v) is 5.01. The largest absolute Gasteiger partial charge is 0.367 e. The first-order valence-electron chi connectivity index (χ1n) is 5.01. The van der Waals surface area contributed by atoms with E-state index in [1.807, 2.05) is 20.0 Å². The second-order valence-electron chi connectivity index (χ2n) is 2.66. The van der Waals surface area contributed by atoms with Gasteiger partial charge in [0.05, 0.1) is 0 Å². The SMILES string of the molecule is CC.CCC(CC)c1cc[nH]c1.[HH]. The molecule has 1 nitrogen and oxygen atoms in total. The van der Waals surface area contributed by atoms with E-state index in [1.54, 1.807) is 0 Å². The van der Waals surface area contributed by atoms with E-state index in [0.717, 1.165) is 5.92 Å². The second-order valence-corrected chi connectivity index (χ2v) is 2.66. The van der Waals surface area contributed by atoms with Crippen molar-refractivity contribution in [2.75, 3.05) is 0 Å². The van der Waals surface area contributed by atoms with E-state index >= 15 is 0 Å². The molecule has 0 aromatic carbocycles. The van der Waals surface area contributed by atoms with E-state index in [0.29, 0.717) is 0 Å². The Labute approximate surface area is 77.7 Å². The highest BCUT2D eigenvalue weighted by Gasteiger charge is 2.05. The van der Waals surface area contributed by atoms with E-state index < -0.39 is 0 Å². The summed E-state index contributed by atoms with van der Waals surface area (Å²) in [5.74, 6) is 0.756. The van der Waals surface area contributed by atoms with Crippen LogP contribution in [0.4, 0.5) is 0 Å². The van der Waals surface area contributed by atoms with Crippen LogP contribution in [0.5, 0.6) is 0 Å². The fraction of sp³-hybridized carbons (Fsp3) is 0.636. The lowest BCUT2D eigenvalue weighted by atomic mass is 9.97. The number of rotatable bonds is 3. The zero-order valence-corrected chi connectivity index (χ0v) is 8.72. The summed E-state index contributed by atoms with van der Waals surface area (Å²) in [7, 11) is 0. The molecule has 0 bridgehead atoms. The van der Waals surface area contributed by atoms with Crippen LogP contribution in [0, 0.1) is 0 Å². The zero-order chi connectivity index (χ0) is 9.40. The number of nitrogens with one attached hydrogen (secondary N) is 1. The Morgan fingerprint density at radius 3 is 2.25 bits per heavy atom. The van der Waals surface area contributed by atoms with Crippen molar-refractivity contribution in [3.05, 3.63) is 24.0 Å². The second kappa shape index (κ2) is 6.96. The molecule has 1 heterocycles. The molecule has 1 heteroatoms. The summed E-state index contributed by atoms with van der Waals surface area (Å²) >= 11 is 0. The van der Waals surface area contributed by atoms with Crippen LogP contribution < -0.4 is 0 Å². The summed E-state index contributed by atoms with van der Waals surface area (Å²) in [6.45, 7) is 8.47. The van der Waals surface area contributed by atoms with Crippen molar-refractivity contribution in [1.82, 2.24) is 4.98 Å². The van der Waals surface area contributed by atoms with Crippen molar-refractivity contribution in [2.24, 2.45) is 0 Å². The van der Waals surface area contributed by atoms with Crippen molar-refractivity contribution in [1.29, 1.82) is 0 Å². The number of hydrogen-bond acceptors (Lipinski definition) is 0. The molecule has 0 unspecified atom stereocenters. The van der Waals surface area contributed by atoms with Crippen molar-refractivity contribution in [3.63, 3.8) is 0 Å². The first-order chi connectivity index (χ1) is 5.88. The van der Waals surface area contributed by atoms with Gasteiger partial charge in [-0.3, -0.25) is 0 Å². The van der Waals surface area contributed by atoms with E-state index in [9.17, 15) is 0 Å². The minimum atomic E-state index is 0. The van der Waals surface area contributed by atoms with Gasteiger partial charge in [0.15, 0.2) is 0 Å². The third-order valence-corrected chi connectivity index (χ3v) is 2.08. The molecular formula is C11H23N. The molecule has 1 N–H and O–H groups in total. The van der Waals surface area contributed by atoms with Gasteiger partial charge in [0, 0.05) is 13.8 Å². The van der Waals surface area contributed by atoms with Crippen molar-refractivity contribution in [3.8, 4) is 0 Å². The minimum Gasteiger partial charge on any atom is -0.367 e. The average molecular weight is 169 g/mol. The highest BCUT2D eigenvalue weighted by atomic mass is 14.6. The zero-order valence-electron chi connectivity index (χ0n) is 8.72. The number of aromatic amines is 1. The maximum Gasteiger partial charge on any atom is 0.00401 e. The van der Waals surface area contributed by atoms with Crippen LogP contribution in [0.2, 0.25) is 0 Å². The molecule has 72 valence electrons. The molecule has 1 rings (SSSR count). The quantitative estimate of drug-likeness (QED) is 0.698. The van der Waals surface area contributed by atoms with E-state index in [2.05, 4.69) is 31.1 Å². The van der Waals surface area contributed by atoms with Gasteiger partial charge in [0.25, 0.3) is 0 Å². The summed E-state index contributed by atoms with van der Waals surface area (Å²) in [5, 5.41) is 0. The summed E-state index contributed by atoms with van der Waals surface area (Å²) in [6, 6.07) is 2.16. The van der Waals surface area contributed by atoms with E-state index in [1.165, 1.54) is 18.4 Å². The molecule has 1 aromatic rings. The fourth-order valence-corrected chi connectivity index (χ4v) is 1.35. The van der Waals surface area contributed by atoms with Gasteiger partial charge in [0.2, 0.25) is 0 Å². The van der Waals surface area contributed by atoms with Crippen LogP contribution in [-0.2, 0) is 0 Å². The van der Waals surface area contributed by atoms with E-state index in [4.69, 9.17) is 0 Å². The van der Waals surface area contributed by atoms with E-state index in [-0.39, 0.29) is 1.43 Å². The highest BCUT2D eigenvalue weighted by molar-refractivity contribution is 5.13. The van der Waals surface area contributed by atoms with Gasteiger partial charge >= 0.3 is 0 Å². The molecule has 0 saturated carbocycles. The fourth-order valence-electron chi connectivity index (χ4n) is 1.35. The molecule has 0 aliphatic heterocycles. The molecule has 1 aromatic heterocycles. The summed E-state index contributed by atoms with van der Waals surface area (Å²) < 4.78 is 0. The van der Waals surface area contributed by atoms with Gasteiger partial charge in [-0.15, -0.1) is 0 Å². The maximum atomic E-state index is 3.08. The maximum absolute atomic E-state index is 3.08. The van der Waals surface area contributed by atoms with Gasteiger partial charge < -0.3 is 4.98 Å². The highest BCUT2D eigenvalue weighted by Crippen LogP contribution is 2.21. The molecule has 0 aliphatic carbocycles. The molecule has 0 fully saturated rings. The van der Waals surface area contributed by atoms with Crippen LogP contribution >= 0.6 is 0 Å². The third kappa shape index (κ3) is 3.12. The molecule has 0 amide bonds. The predicted molar refractivity (Wildman–Crippen MR) is 57.6 cm³/mol. The van der Waals surface area contributed by atoms with Gasteiger partial charge in [-0.25, -0.2) is 0 Å². The molecule has 0 aliphatic rings. The van der Waals surface area contributed by atoms with Crippen LogP contribution in [0.15, 0.2) is 18.5 Å². The third-order valence-electron chi connectivity index (χ3n) is 2.08. The lowest BCUT2D eigenvalue weighted by Crippen LogP contribution is -1.91. The van der Waals surface area contributed by atoms with Gasteiger partial charge in [-0.2, -0.15) is 0 Å². The lowest BCUT2D eigenvalue weighted by molar-refractivity contribution is 0.643. The average Bonchev–Trinajstić information content (AvgIpc) is 2.64. The Balaban J connectivity index is 0. The monoisotopic (exact) mass is 169 g/mol. The molecule has 12 heavy (non-hydrogen) atoms. The molecule has 0 saturated heterocycles. The first kappa shape index (κ1) is 11.3. The molecule has 0 atom stereocenters. The number of H-pyrrole nitrogens is 1. The summed E-state index contributed by atoms with van der Waals surface area (Å²) in [4.78, 5) is 3.08. The van der Waals surface area contributed by atoms with Crippen molar-refractivity contribution >= 4 is 0 Å². The normalized spacial score (nSPS) is 9.42. The molecular weight excluding hydrogens is 146 g/mol. The van der Waals surface area contributed by atoms with Gasteiger partial charge in [-0.05, 0) is 30.4 Å². The summed E-state index contributed by atoms with van der Waals surface area (Å²) in [5.41, 5.74) is 1.45. The Hall–Kier alpha value is -0.720. The predicted octanol–water partition coefficient (Wildman–Crippen LogP) is 4.19. The smallest absolute Gasteiger partial charge is 0.00401 e. The van der Waals surface area contributed by atoms with Crippen LogP contribution in [0.3, 0.4) is 0 Å². The number of hydrogen-bond donors (Lipinski definition) is 1. The Bertz CT molecular complexity index is 166. The van der Waals surface area contributed by atoms with Gasteiger partial charge in [-0.1, -0.05) is 27.7 Å². The Morgan fingerprint density at radius 1 is 1.33 bits per heavy atom. The molecule has 0 spiro atoms. The van der Waals surface area contributed by atoms with Crippen LogP contribution in [0.1, 0.15) is 53.4 Å². The Kier molecular flexibility index (Phi) is 6.54. The molecule has 0 radical (unpaired) electrons. The Morgan fingerprint density at radius 2 is 1.92 bits per heavy atom.